The molecule has 1 aromatic rings. The highest BCUT2D eigenvalue weighted by Crippen LogP contribution is 2.37. The van der Waals surface area contributed by atoms with E-state index in [9.17, 15) is 5.26 Å². The highest BCUT2D eigenvalue weighted by atomic mass is 16.6. The average Bonchev–Trinajstić information content (AvgIpc) is 2.28. The molecule has 0 aromatic heterocycles. The number of ether oxygens (including phenoxy) is 2. The number of hydrogen-bond acceptors (Lipinski definition) is 3. The molecule has 78 valence electrons. The number of benzene rings is 1. The van der Waals surface area contributed by atoms with Crippen molar-refractivity contribution in [3.63, 3.8) is 0 Å². The van der Waals surface area contributed by atoms with E-state index in [0.29, 0.717) is 11.5 Å². The van der Waals surface area contributed by atoms with Crippen molar-refractivity contribution < 1.29 is 9.47 Å². The Morgan fingerprint density at radius 1 is 1.33 bits per heavy atom. The Labute approximate surface area is 89.2 Å². The van der Waals surface area contributed by atoms with Gasteiger partial charge in [0.15, 0.2) is 11.5 Å². The lowest BCUT2D eigenvalue weighted by Gasteiger charge is -2.35. The van der Waals surface area contributed by atoms with Crippen LogP contribution in [0.3, 0.4) is 0 Å². The summed E-state index contributed by atoms with van der Waals surface area (Å²) in [7, 11) is 0. The van der Waals surface area contributed by atoms with E-state index in [1.807, 2.05) is 38.1 Å². The fourth-order valence-corrected chi connectivity index (χ4v) is 1.53. The minimum Gasteiger partial charge on any atom is -0.484 e. The molecular weight excluding hydrogens is 190 g/mol. The lowest BCUT2D eigenvalue weighted by molar-refractivity contribution is 0.00155. The van der Waals surface area contributed by atoms with Crippen LogP contribution in [0.1, 0.15) is 13.8 Å². The summed E-state index contributed by atoms with van der Waals surface area (Å²) >= 11 is 0. The Morgan fingerprint density at radius 2 is 2.00 bits per heavy atom. The van der Waals surface area contributed by atoms with E-state index in [-0.39, 0.29) is 12.5 Å². The topological polar surface area (TPSA) is 42.2 Å². The molecule has 1 unspecified atom stereocenters. The van der Waals surface area contributed by atoms with Gasteiger partial charge in [-0.2, -0.15) is 5.26 Å². The highest BCUT2D eigenvalue weighted by Gasteiger charge is 2.41. The normalized spacial score (nSPS) is 23.6. The largest absolute Gasteiger partial charge is 0.484 e. The van der Waals surface area contributed by atoms with E-state index in [4.69, 9.17) is 9.47 Å². The first-order valence-corrected chi connectivity index (χ1v) is 5.00. The van der Waals surface area contributed by atoms with Crippen molar-refractivity contribution in [3.05, 3.63) is 24.3 Å². The fourth-order valence-electron chi connectivity index (χ4n) is 1.53. The molecule has 0 saturated carbocycles. The van der Waals surface area contributed by atoms with Gasteiger partial charge in [0, 0.05) is 5.92 Å². The molecule has 1 aromatic carbocycles. The predicted octanol–water partition coefficient (Wildman–Crippen LogP) is 2.38. The second kappa shape index (κ2) is 3.47. The van der Waals surface area contributed by atoms with Crippen LogP contribution in [0.25, 0.3) is 0 Å². The molecule has 1 aliphatic heterocycles. The molecular formula is C12H13NO2. The molecule has 0 saturated heterocycles. The van der Waals surface area contributed by atoms with Crippen molar-refractivity contribution in [2.75, 3.05) is 6.61 Å². The number of nitrogens with zero attached hydrogens (tertiary/aromatic N) is 1. The molecule has 0 bridgehead atoms. The molecule has 3 heteroatoms. The summed E-state index contributed by atoms with van der Waals surface area (Å²) in [5.41, 5.74) is -0.853. The molecule has 0 fully saturated rings. The summed E-state index contributed by atoms with van der Waals surface area (Å²) < 4.78 is 11.3. The zero-order valence-corrected chi connectivity index (χ0v) is 8.86. The molecule has 1 atom stereocenters. The molecule has 15 heavy (non-hydrogen) atoms. The van der Waals surface area contributed by atoms with Gasteiger partial charge in [-0.25, -0.2) is 0 Å². The first-order chi connectivity index (χ1) is 7.18. The fraction of sp³-hybridized carbons (Fsp3) is 0.417. The standard InChI is InChI=1S/C12H13NO2/c1-9(2)12(7-13)8-14-10-5-3-4-6-11(10)15-12/h3-6,9H,8H2,1-2H3. The van der Waals surface area contributed by atoms with Crippen LogP contribution in [0.5, 0.6) is 11.5 Å². The smallest absolute Gasteiger partial charge is 0.230 e. The molecule has 0 aliphatic carbocycles. The Balaban J connectivity index is 2.36. The maximum absolute atomic E-state index is 9.18. The molecule has 0 N–H and O–H groups in total. The van der Waals surface area contributed by atoms with Crippen molar-refractivity contribution in [2.24, 2.45) is 5.92 Å². The maximum Gasteiger partial charge on any atom is 0.230 e. The lowest BCUT2D eigenvalue weighted by Crippen LogP contribution is -2.48. The molecule has 2 rings (SSSR count). The first kappa shape index (κ1) is 9.85. The summed E-state index contributed by atoms with van der Waals surface area (Å²) in [6, 6.07) is 9.63. The van der Waals surface area contributed by atoms with Gasteiger partial charge in [-0.1, -0.05) is 26.0 Å². The SMILES string of the molecule is CC(C)C1(C#N)COc2ccccc2O1. The van der Waals surface area contributed by atoms with Crippen molar-refractivity contribution in [1.82, 2.24) is 0 Å². The zero-order chi connectivity index (χ0) is 10.9. The van der Waals surface area contributed by atoms with Crippen molar-refractivity contribution in [3.8, 4) is 17.6 Å². The molecule has 0 spiro atoms. The number of rotatable bonds is 1. The van der Waals surface area contributed by atoms with Crippen LogP contribution in [-0.4, -0.2) is 12.2 Å². The van der Waals surface area contributed by atoms with E-state index in [1.165, 1.54) is 0 Å². The van der Waals surface area contributed by atoms with Crippen LogP contribution in [0.2, 0.25) is 0 Å². The van der Waals surface area contributed by atoms with E-state index in [1.54, 1.807) is 0 Å². The van der Waals surface area contributed by atoms with Gasteiger partial charge in [0.2, 0.25) is 5.60 Å². The molecule has 1 aliphatic rings. The van der Waals surface area contributed by atoms with Crippen LogP contribution >= 0.6 is 0 Å². The Morgan fingerprint density at radius 3 is 2.60 bits per heavy atom. The zero-order valence-electron chi connectivity index (χ0n) is 8.86. The van der Waals surface area contributed by atoms with Gasteiger partial charge in [0.1, 0.15) is 12.7 Å². The van der Waals surface area contributed by atoms with Gasteiger partial charge >= 0.3 is 0 Å². The van der Waals surface area contributed by atoms with Gasteiger partial charge < -0.3 is 9.47 Å². The third kappa shape index (κ3) is 1.52. The monoisotopic (exact) mass is 203 g/mol. The van der Waals surface area contributed by atoms with E-state index < -0.39 is 5.60 Å². The summed E-state index contributed by atoms with van der Waals surface area (Å²) in [5.74, 6) is 1.46. The Kier molecular flexibility index (Phi) is 2.28. The van der Waals surface area contributed by atoms with Crippen molar-refractivity contribution >= 4 is 0 Å². The van der Waals surface area contributed by atoms with E-state index in [0.717, 1.165) is 0 Å². The second-order valence-corrected chi connectivity index (χ2v) is 3.99. The highest BCUT2D eigenvalue weighted by molar-refractivity contribution is 5.42. The van der Waals surface area contributed by atoms with Crippen LogP contribution in [0.4, 0.5) is 0 Å². The van der Waals surface area contributed by atoms with Crippen molar-refractivity contribution in [2.45, 2.75) is 19.4 Å². The second-order valence-electron chi connectivity index (χ2n) is 3.99. The lowest BCUT2D eigenvalue weighted by atomic mass is 9.91. The van der Waals surface area contributed by atoms with Crippen LogP contribution in [0.15, 0.2) is 24.3 Å². The van der Waals surface area contributed by atoms with Crippen LogP contribution < -0.4 is 9.47 Å². The maximum atomic E-state index is 9.18. The number of nitriles is 1. The Hall–Kier alpha value is -1.69. The summed E-state index contributed by atoms with van der Waals surface area (Å²) in [5, 5.41) is 9.18. The average molecular weight is 203 g/mol. The minimum absolute atomic E-state index is 0.0934. The molecule has 1 heterocycles. The number of hydrogen-bond donors (Lipinski definition) is 0. The van der Waals surface area contributed by atoms with Gasteiger partial charge in [-0.15, -0.1) is 0 Å². The van der Waals surface area contributed by atoms with Crippen LogP contribution in [0, 0.1) is 17.2 Å². The third-order valence-electron chi connectivity index (χ3n) is 2.71. The Bertz CT molecular complexity index is 408. The summed E-state index contributed by atoms with van der Waals surface area (Å²) in [6.07, 6.45) is 0. The van der Waals surface area contributed by atoms with E-state index in [2.05, 4.69) is 6.07 Å². The molecule has 0 radical (unpaired) electrons. The number of fused-ring (bicyclic) bond motifs is 1. The van der Waals surface area contributed by atoms with Gasteiger partial charge in [-0.05, 0) is 12.1 Å². The first-order valence-electron chi connectivity index (χ1n) is 5.00. The van der Waals surface area contributed by atoms with E-state index >= 15 is 0 Å². The van der Waals surface area contributed by atoms with Gasteiger partial charge in [0.05, 0.1) is 0 Å². The van der Waals surface area contributed by atoms with Gasteiger partial charge in [0.25, 0.3) is 0 Å². The van der Waals surface area contributed by atoms with Gasteiger partial charge in [-0.3, -0.25) is 0 Å². The van der Waals surface area contributed by atoms with Crippen LogP contribution in [-0.2, 0) is 0 Å². The quantitative estimate of drug-likeness (QED) is 0.703. The summed E-state index contributed by atoms with van der Waals surface area (Å²) in [4.78, 5) is 0. The minimum atomic E-state index is -0.853. The summed E-state index contributed by atoms with van der Waals surface area (Å²) in [6.45, 7) is 4.21. The molecule has 0 amide bonds. The predicted molar refractivity (Wildman–Crippen MR) is 55.7 cm³/mol. The van der Waals surface area contributed by atoms with Crippen molar-refractivity contribution in [1.29, 1.82) is 5.26 Å². The third-order valence-corrected chi connectivity index (χ3v) is 2.71. The molecule has 3 nitrogen and oxygen atoms in total. The number of para-hydroxylation sites is 2.